The molecule has 5 nitrogen and oxygen atoms in total. The van der Waals surface area contributed by atoms with Gasteiger partial charge in [0, 0.05) is 18.0 Å². The number of fused-ring (bicyclic) bond motifs is 1. The monoisotopic (exact) mass is 277 g/mol. The molecule has 0 spiro atoms. The van der Waals surface area contributed by atoms with E-state index < -0.39 is 0 Å². The van der Waals surface area contributed by atoms with Crippen molar-refractivity contribution in [3.8, 4) is 11.3 Å². The highest BCUT2D eigenvalue weighted by atomic mass is 15.5. The van der Waals surface area contributed by atoms with Crippen LogP contribution in [-0.2, 0) is 6.42 Å². The van der Waals surface area contributed by atoms with Crippen LogP contribution in [0.25, 0.3) is 11.3 Å². The number of aromatic nitrogens is 3. The number of pyridine rings is 1. The first-order valence-corrected chi connectivity index (χ1v) is 7.02. The molecule has 21 heavy (non-hydrogen) atoms. The van der Waals surface area contributed by atoms with Gasteiger partial charge in [0.2, 0.25) is 0 Å². The van der Waals surface area contributed by atoms with Crippen molar-refractivity contribution in [1.29, 1.82) is 0 Å². The van der Waals surface area contributed by atoms with Crippen molar-refractivity contribution in [2.75, 3.05) is 12.0 Å². The number of amidine groups is 1. The van der Waals surface area contributed by atoms with Gasteiger partial charge in [0.25, 0.3) is 0 Å². The first kappa shape index (κ1) is 12.1. The number of imidazole rings is 1. The Balaban J connectivity index is 1.55. The first-order valence-electron chi connectivity index (χ1n) is 7.02. The molecular weight excluding hydrogens is 262 g/mol. The van der Waals surface area contributed by atoms with Gasteiger partial charge >= 0.3 is 0 Å². The Morgan fingerprint density at radius 2 is 2.19 bits per heavy atom. The van der Waals surface area contributed by atoms with Gasteiger partial charge in [-0.15, -0.1) is 0 Å². The highest BCUT2D eigenvalue weighted by molar-refractivity contribution is 5.94. The average Bonchev–Trinajstić information content (AvgIpc) is 3.22. The summed E-state index contributed by atoms with van der Waals surface area (Å²) in [6, 6.07) is 3.96. The third-order valence-corrected chi connectivity index (χ3v) is 3.70. The fourth-order valence-corrected chi connectivity index (χ4v) is 2.58. The SMILES string of the molecule is C1=CCC(CN=C2Cc3ncc(-c4ccncc4)n3N2)=C1. The number of nitrogens with zero attached hydrogens (tertiary/aromatic N) is 4. The van der Waals surface area contributed by atoms with Crippen molar-refractivity contribution in [3.63, 3.8) is 0 Å². The van der Waals surface area contributed by atoms with Crippen LogP contribution in [0.3, 0.4) is 0 Å². The molecule has 0 atom stereocenters. The maximum Gasteiger partial charge on any atom is 0.136 e. The van der Waals surface area contributed by atoms with Crippen molar-refractivity contribution in [1.82, 2.24) is 14.6 Å². The molecule has 104 valence electrons. The van der Waals surface area contributed by atoms with Gasteiger partial charge in [-0.25, -0.2) is 9.66 Å². The van der Waals surface area contributed by atoms with Gasteiger partial charge in [0.05, 0.1) is 24.9 Å². The van der Waals surface area contributed by atoms with E-state index in [1.54, 1.807) is 12.4 Å². The van der Waals surface area contributed by atoms with E-state index in [9.17, 15) is 0 Å². The smallest absolute Gasteiger partial charge is 0.136 e. The highest BCUT2D eigenvalue weighted by Crippen LogP contribution is 2.22. The van der Waals surface area contributed by atoms with Gasteiger partial charge in [0.1, 0.15) is 11.7 Å². The number of hydrogen-bond acceptors (Lipinski definition) is 3. The van der Waals surface area contributed by atoms with Crippen LogP contribution in [0.15, 0.2) is 59.5 Å². The number of allylic oxidation sites excluding steroid dienone is 3. The van der Waals surface area contributed by atoms with Crippen LogP contribution >= 0.6 is 0 Å². The second-order valence-electron chi connectivity index (χ2n) is 5.14. The zero-order valence-electron chi connectivity index (χ0n) is 11.5. The minimum atomic E-state index is 0.755. The lowest BCUT2D eigenvalue weighted by molar-refractivity contribution is 0.955. The van der Waals surface area contributed by atoms with Crippen LogP contribution in [0.4, 0.5) is 0 Å². The minimum Gasteiger partial charge on any atom is -0.279 e. The van der Waals surface area contributed by atoms with Gasteiger partial charge in [-0.3, -0.25) is 15.4 Å². The maximum atomic E-state index is 4.65. The summed E-state index contributed by atoms with van der Waals surface area (Å²) in [7, 11) is 0. The molecule has 0 saturated carbocycles. The summed E-state index contributed by atoms with van der Waals surface area (Å²) in [5.41, 5.74) is 6.83. The van der Waals surface area contributed by atoms with Gasteiger partial charge < -0.3 is 0 Å². The number of hydrogen-bond donors (Lipinski definition) is 1. The average molecular weight is 277 g/mol. The lowest BCUT2D eigenvalue weighted by atomic mass is 10.2. The standard InChI is InChI=1S/C16H15N5/c1-2-4-12(3-1)10-18-15-9-16-19-11-14(21(16)20-15)13-5-7-17-8-6-13/h1-3,5-8,11H,4,9-10H2,(H,18,20). The molecule has 0 radical (unpaired) electrons. The van der Waals surface area contributed by atoms with Crippen molar-refractivity contribution in [2.24, 2.45) is 4.99 Å². The van der Waals surface area contributed by atoms with Crippen LogP contribution in [0.1, 0.15) is 12.2 Å². The predicted molar refractivity (Wildman–Crippen MR) is 82.7 cm³/mol. The minimum absolute atomic E-state index is 0.755. The molecule has 0 unspecified atom stereocenters. The van der Waals surface area contributed by atoms with Crippen LogP contribution in [0, 0.1) is 0 Å². The Kier molecular flexibility index (Phi) is 2.88. The van der Waals surface area contributed by atoms with E-state index in [0.717, 1.165) is 42.3 Å². The van der Waals surface area contributed by atoms with E-state index in [1.807, 2.05) is 23.0 Å². The van der Waals surface area contributed by atoms with E-state index in [2.05, 4.69) is 38.6 Å². The summed E-state index contributed by atoms with van der Waals surface area (Å²) in [6.07, 6.45) is 13.6. The molecule has 1 aliphatic carbocycles. The number of aliphatic imine (C=N–C) groups is 1. The fraction of sp³-hybridized carbons (Fsp3) is 0.188. The second kappa shape index (κ2) is 5.01. The molecule has 4 rings (SSSR count). The Morgan fingerprint density at radius 3 is 3.00 bits per heavy atom. The first-order chi connectivity index (χ1) is 10.4. The number of rotatable bonds is 3. The molecule has 1 aliphatic heterocycles. The summed E-state index contributed by atoms with van der Waals surface area (Å²) in [5, 5.41) is 0. The predicted octanol–water partition coefficient (Wildman–Crippen LogP) is 2.33. The molecule has 1 N–H and O–H groups in total. The lowest BCUT2D eigenvalue weighted by Crippen LogP contribution is -2.16. The topological polar surface area (TPSA) is 55.1 Å². The Bertz CT molecular complexity index is 752. The Hall–Kier alpha value is -2.69. The molecule has 0 fully saturated rings. The van der Waals surface area contributed by atoms with Gasteiger partial charge in [-0.2, -0.15) is 0 Å². The molecule has 2 aromatic heterocycles. The Morgan fingerprint density at radius 1 is 1.29 bits per heavy atom. The van der Waals surface area contributed by atoms with Gasteiger partial charge in [0.15, 0.2) is 0 Å². The van der Waals surface area contributed by atoms with Crippen molar-refractivity contribution in [3.05, 3.63) is 60.3 Å². The molecular formula is C16H15N5. The van der Waals surface area contributed by atoms with Crippen LogP contribution in [0.2, 0.25) is 0 Å². The zero-order chi connectivity index (χ0) is 14.1. The van der Waals surface area contributed by atoms with E-state index in [0.29, 0.717) is 0 Å². The molecule has 0 bridgehead atoms. The largest absolute Gasteiger partial charge is 0.279 e. The lowest BCUT2D eigenvalue weighted by Gasteiger charge is -2.06. The normalized spacial score (nSPS) is 17.9. The molecule has 3 heterocycles. The quantitative estimate of drug-likeness (QED) is 0.936. The summed E-state index contributed by atoms with van der Waals surface area (Å²) < 4.78 is 2.01. The third-order valence-electron chi connectivity index (χ3n) is 3.70. The highest BCUT2D eigenvalue weighted by Gasteiger charge is 2.21. The van der Waals surface area contributed by atoms with Gasteiger partial charge in [-0.05, 0) is 24.1 Å². The van der Waals surface area contributed by atoms with E-state index in [-0.39, 0.29) is 0 Å². The molecule has 0 saturated heterocycles. The van der Waals surface area contributed by atoms with E-state index in [1.165, 1.54) is 5.57 Å². The van der Waals surface area contributed by atoms with Crippen molar-refractivity contribution in [2.45, 2.75) is 12.8 Å². The third kappa shape index (κ3) is 2.27. The molecule has 0 amide bonds. The summed E-state index contributed by atoms with van der Waals surface area (Å²) in [4.78, 5) is 13.2. The summed E-state index contributed by atoms with van der Waals surface area (Å²) in [5.74, 6) is 1.97. The fourth-order valence-electron chi connectivity index (χ4n) is 2.58. The second-order valence-corrected chi connectivity index (χ2v) is 5.14. The molecule has 0 aromatic carbocycles. The molecule has 2 aliphatic rings. The van der Waals surface area contributed by atoms with E-state index in [4.69, 9.17) is 0 Å². The van der Waals surface area contributed by atoms with Crippen molar-refractivity contribution >= 4 is 5.84 Å². The van der Waals surface area contributed by atoms with Crippen LogP contribution in [-0.4, -0.2) is 27.0 Å². The van der Waals surface area contributed by atoms with Crippen LogP contribution in [0.5, 0.6) is 0 Å². The zero-order valence-corrected chi connectivity index (χ0v) is 11.5. The number of nitrogens with one attached hydrogen (secondary N) is 1. The van der Waals surface area contributed by atoms with Crippen molar-refractivity contribution < 1.29 is 0 Å². The maximum absolute atomic E-state index is 4.65. The van der Waals surface area contributed by atoms with Gasteiger partial charge in [-0.1, -0.05) is 18.2 Å². The van der Waals surface area contributed by atoms with Crippen LogP contribution < -0.4 is 5.43 Å². The van der Waals surface area contributed by atoms with E-state index >= 15 is 0 Å². The Labute approximate surface area is 122 Å². The molecule has 5 heteroatoms. The molecule has 2 aromatic rings. The summed E-state index contributed by atoms with van der Waals surface area (Å²) in [6.45, 7) is 0.755. The summed E-state index contributed by atoms with van der Waals surface area (Å²) >= 11 is 0.